The first-order valence-corrected chi connectivity index (χ1v) is 6.98. The van der Waals surface area contributed by atoms with Crippen LogP contribution >= 0.6 is 0 Å². The van der Waals surface area contributed by atoms with Gasteiger partial charge in [-0.05, 0) is 44.4 Å². The van der Waals surface area contributed by atoms with E-state index in [-0.39, 0.29) is 0 Å². The zero-order chi connectivity index (χ0) is 13.8. The molecule has 1 atom stereocenters. The summed E-state index contributed by atoms with van der Waals surface area (Å²) >= 11 is 0. The first kappa shape index (κ1) is 13.9. The van der Waals surface area contributed by atoms with Gasteiger partial charge in [0.15, 0.2) is 0 Å². The summed E-state index contributed by atoms with van der Waals surface area (Å²) in [6.07, 6.45) is 1.09. The van der Waals surface area contributed by atoms with Crippen LogP contribution in [0.15, 0.2) is 34.7 Å². The van der Waals surface area contributed by atoms with Crippen LogP contribution < -0.4 is 5.32 Å². The first-order valence-electron chi connectivity index (χ1n) is 6.98. The maximum absolute atomic E-state index is 5.58. The van der Waals surface area contributed by atoms with Crippen LogP contribution in [0.4, 0.5) is 0 Å². The highest BCUT2D eigenvalue weighted by molar-refractivity contribution is 5.25. The van der Waals surface area contributed by atoms with Gasteiger partial charge in [0.25, 0.3) is 0 Å². The Hall–Kier alpha value is -1.54. The summed E-state index contributed by atoms with van der Waals surface area (Å²) < 4.78 is 5.58. The van der Waals surface area contributed by atoms with Crippen LogP contribution in [0.1, 0.15) is 48.1 Å². The lowest BCUT2D eigenvalue weighted by Gasteiger charge is -2.13. The van der Waals surface area contributed by atoms with Crippen LogP contribution in [0.5, 0.6) is 0 Å². The van der Waals surface area contributed by atoms with Crippen molar-refractivity contribution in [1.29, 1.82) is 0 Å². The molecular weight excluding hydrogens is 234 g/mol. The smallest absolute Gasteiger partial charge is 0.105 e. The van der Waals surface area contributed by atoms with Crippen molar-refractivity contribution in [2.24, 2.45) is 0 Å². The first-order chi connectivity index (χ1) is 9.10. The molecule has 1 aromatic heterocycles. The van der Waals surface area contributed by atoms with E-state index in [1.165, 1.54) is 16.7 Å². The third-order valence-corrected chi connectivity index (χ3v) is 3.59. The van der Waals surface area contributed by atoms with Gasteiger partial charge in [-0.25, -0.2) is 0 Å². The van der Waals surface area contributed by atoms with E-state index in [1.54, 1.807) is 0 Å². The summed E-state index contributed by atoms with van der Waals surface area (Å²) in [5.41, 5.74) is 3.96. The van der Waals surface area contributed by atoms with E-state index < -0.39 is 0 Å². The second kappa shape index (κ2) is 6.07. The molecule has 0 aliphatic carbocycles. The van der Waals surface area contributed by atoms with Crippen LogP contribution in [-0.2, 0) is 13.0 Å². The molecule has 1 unspecified atom stereocenters. The molecule has 1 aromatic carbocycles. The monoisotopic (exact) mass is 257 g/mol. The van der Waals surface area contributed by atoms with Crippen molar-refractivity contribution in [3.8, 4) is 0 Å². The summed E-state index contributed by atoms with van der Waals surface area (Å²) in [6.45, 7) is 9.26. The number of nitrogens with one attached hydrogen (secondary N) is 1. The van der Waals surface area contributed by atoms with Gasteiger partial charge in [-0.15, -0.1) is 0 Å². The molecule has 0 radical (unpaired) electrons. The summed E-state index contributed by atoms with van der Waals surface area (Å²) in [5, 5.41) is 3.55. The normalized spacial score (nSPS) is 12.6. The molecule has 1 N–H and O–H groups in total. The fourth-order valence-corrected chi connectivity index (χ4v) is 2.35. The molecule has 102 valence electrons. The fourth-order valence-electron chi connectivity index (χ4n) is 2.35. The van der Waals surface area contributed by atoms with E-state index >= 15 is 0 Å². The quantitative estimate of drug-likeness (QED) is 0.863. The van der Waals surface area contributed by atoms with Gasteiger partial charge >= 0.3 is 0 Å². The zero-order valence-electron chi connectivity index (χ0n) is 12.3. The molecule has 0 aliphatic rings. The van der Waals surface area contributed by atoms with Crippen LogP contribution in [0.25, 0.3) is 0 Å². The molecule has 0 amide bonds. The second-order valence-corrected chi connectivity index (χ2v) is 5.14. The minimum atomic E-state index is 0.309. The number of hydrogen-bond donors (Lipinski definition) is 1. The Labute approximate surface area is 115 Å². The van der Waals surface area contributed by atoms with Crippen molar-refractivity contribution in [3.63, 3.8) is 0 Å². The number of hydrogen-bond acceptors (Lipinski definition) is 2. The summed E-state index contributed by atoms with van der Waals surface area (Å²) in [7, 11) is 0. The molecule has 0 spiro atoms. The van der Waals surface area contributed by atoms with E-state index in [0.717, 1.165) is 24.5 Å². The SMILES string of the molecule is CCc1ccc(CNC(C)c2cc(C)oc2C)cc1. The fraction of sp³-hybridized carbons (Fsp3) is 0.412. The second-order valence-electron chi connectivity index (χ2n) is 5.14. The molecule has 2 rings (SSSR count). The molecule has 2 aromatic rings. The van der Waals surface area contributed by atoms with Gasteiger partial charge in [-0.1, -0.05) is 31.2 Å². The van der Waals surface area contributed by atoms with E-state index in [0.29, 0.717) is 6.04 Å². The van der Waals surface area contributed by atoms with Gasteiger partial charge in [0.2, 0.25) is 0 Å². The summed E-state index contributed by atoms with van der Waals surface area (Å²) in [4.78, 5) is 0. The lowest BCUT2D eigenvalue weighted by molar-refractivity contribution is 0.489. The minimum Gasteiger partial charge on any atom is -0.466 e. The highest BCUT2D eigenvalue weighted by atomic mass is 16.3. The van der Waals surface area contributed by atoms with Gasteiger partial charge in [0.05, 0.1) is 0 Å². The molecular formula is C17H23NO. The van der Waals surface area contributed by atoms with Crippen LogP contribution in [0.2, 0.25) is 0 Å². The zero-order valence-corrected chi connectivity index (χ0v) is 12.3. The van der Waals surface area contributed by atoms with Gasteiger partial charge in [0, 0.05) is 18.2 Å². The lowest BCUT2D eigenvalue weighted by Crippen LogP contribution is -2.18. The topological polar surface area (TPSA) is 25.2 Å². The van der Waals surface area contributed by atoms with Crippen molar-refractivity contribution < 1.29 is 4.42 Å². The highest BCUT2D eigenvalue weighted by Crippen LogP contribution is 2.21. The maximum Gasteiger partial charge on any atom is 0.105 e. The summed E-state index contributed by atoms with van der Waals surface area (Å²) in [5.74, 6) is 1.99. The molecule has 0 bridgehead atoms. The lowest BCUT2D eigenvalue weighted by atomic mass is 10.1. The van der Waals surface area contributed by atoms with Crippen molar-refractivity contribution in [1.82, 2.24) is 5.32 Å². The molecule has 0 saturated carbocycles. The number of aryl methyl sites for hydroxylation is 3. The molecule has 0 aliphatic heterocycles. The Morgan fingerprint density at radius 1 is 1.11 bits per heavy atom. The van der Waals surface area contributed by atoms with Crippen molar-refractivity contribution >= 4 is 0 Å². The van der Waals surface area contributed by atoms with Crippen LogP contribution in [0.3, 0.4) is 0 Å². The number of furan rings is 1. The van der Waals surface area contributed by atoms with Crippen molar-refractivity contribution in [2.45, 2.75) is 46.7 Å². The highest BCUT2D eigenvalue weighted by Gasteiger charge is 2.11. The summed E-state index contributed by atoms with van der Waals surface area (Å²) in [6, 6.07) is 11.2. The van der Waals surface area contributed by atoms with E-state index in [1.807, 2.05) is 13.8 Å². The third-order valence-electron chi connectivity index (χ3n) is 3.59. The van der Waals surface area contributed by atoms with E-state index in [9.17, 15) is 0 Å². The van der Waals surface area contributed by atoms with Gasteiger partial charge in [-0.2, -0.15) is 0 Å². The third kappa shape index (κ3) is 3.48. The van der Waals surface area contributed by atoms with Gasteiger partial charge < -0.3 is 9.73 Å². The van der Waals surface area contributed by atoms with Crippen LogP contribution in [0, 0.1) is 13.8 Å². The molecule has 0 fully saturated rings. The predicted octanol–water partition coefficient (Wildman–Crippen LogP) is 4.31. The number of benzene rings is 1. The van der Waals surface area contributed by atoms with Crippen molar-refractivity contribution in [2.75, 3.05) is 0 Å². The molecule has 0 saturated heterocycles. The Balaban J connectivity index is 1.96. The largest absolute Gasteiger partial charge is 0.466 e. The molecule has 19 heavy (non-hydrogen) atoms. The predicted molar refractivity (Wildman–Crippen MR) is 79.3 cm³/mol. The van der Waals surface area contributed by atoms with Gasteiger partial charge in [0.1, 0.15) is 11.5 Å². The average Bonchev–Trinajstić information content (AvgIpc) is 2.75. The molecule has 2 heteroatoms. The standard InChI is InChI=1S/C17H23NO/c1-5-15-6-8-16(9-7-15)11-18-13(3)17-10-12(2)19-14(17)4/h6-10,13,18H,5,11H2,1-4H3. The van der Waals surface area contributed by atoms with Crippen LogP contribution in [-0.4, -0.2) is 0 Å². The average molecular weight is 257 g/mol. The Morgan fingerprint density at radius 3 is 2.26 bits per heavy atom. The number of rotatable bonds is 5. The maximum atomic E-state index is 5.58. The Morgan fingerprint density at radius 2 is 1.74 bits per heavy atom. The Kier molecular flexibility index (Phi) is 4.43. The molecule has 1 heterocycles. The molecule has 2 nitrogen and oxygen atoms in total. The minimum absolute atomic E-state index is 0.309. The van der Waals surface area contributed by atoms with E-state index in [4.69, 9.17) is 4.42 Å². The van der Waals surface area contributed by atoms with Crippen molar-refractivity contribution in [3.05, 3.63) is 58.5 Å². The van der Waals surface area contributed by atoms with E-state index in [2.05, 4.69) is 49.5 Å². The van der Waals surface area contributed by atoms with Gasteiger partial charge in [-0.3, -0.25) is 0 Å². The Bertz CT molecular complexity index is 525.